The van der Waals surface area contributed by atoms with Gasteiger partial charge in [-0.25, -0.2) is 0 Å². The zero-order chi connectivity index (χ0) is 43.7. The number of esters is 3. The van der Waals surface area contributed by atoms with Crippen molar-refractivity contribution in [1.29, 1.82) is 0 Å². The fourth-order valence-corrected chi connectivity index (χ4v) is 6.46. The molecule has 1 atom stereocenters. The molecule has 0 aromatic rings. The lowest BCUT2D eigenvalue weighted by atomic mass is 10.1. The van der Waals surface area contributed by atoms with Crippen LogP contribution in [0.1, 0.15) is 220 Å². The van der Waals surface area contributed by atoms with Crippen LogP contribution < -0.4 is 0 Å². The maximum atomic E-state index is 12.8. The van der Waals surface area contributed by atoms with Gasteiger partial charge in [-0.05, 0) is 109 Å². The van der Waals surface area contributed by atoms with Crippen LogP contribution in [0, 0.1) is 0 Å². The third-order valence-electron chi connectivity index (χ3n) is 10.1. The van der Waals surface area contributed by atoms with E-state index < -0.39 is 6.10 Å². The van der Waals surface area contributed by atoms with Crippen molar-refractivity contribution in [2.75, 3.05) is 13.2 Å². The first kappa shape index (κ1) is 56.6. The number of carbonyl (C=O) groups is 3. The summed E-state index contributed by atoms with van der Waals surface area (Å²) in [6, 6.07) is 0. The molecule has 0 aromatic carbocycles. The fourth-order valence-electron chi connectivity index (χ4n) is 6.46. The lowest BCUT2D eigenvalue weighted by molar-refractivity contribution is -0.167. The molecule has 1 unspecified atom stereocenters. The van der Waals surface area contributed by atoms with E-state index in [1.165, 1.54) is 44.9 Å². The normalized spacial score (nSPS) is 12.8. The highest BCUT2D eigenvalue weighted by atomic mass is 16.6. The molecule has 6 nitrogen and oxygen atoms in total. The number of carbonyl (C=O) groups excluding carboxylic acids is 3. The van der Waals surface area contributed by atoms with Gasteiger partial charge < -0.3 is 14.2 Å². The SMILES string of the molecule is CC/C=C\C/C=C\C/C=C\CCCCCCC(=O)OCC(COC(=O)CCCCC/C=C\CCCCCCCCC)OC(=O)CCCCCC/C=C\C/C=C\C/C=C\CC. The Kier molecular flexibility index (Phi) is 45.5. The fraction of sp³-hybridized carbons (Fsp3) is 0.685. The Morgan fingerprint density at radius 3 is 1.05 bits per heavy atom. The standard InChI is InChI=1S/C54H90O6/c1-4-7-10-13-16-19-22-25-28-31-34-37-40-43-46-52(55)58-49-51(60-54(57)48-45-42-39-36-33-30-27-24-21-18-15-12-9-6-3)50-59-53(56)47-44-41-38-35-32-29-26-23-20-17-14-11-8-5-2/h7,9-10,12,16,18-19,21,25,27-30,32,51H,4-6,8,11,13-15,17,20,22-24,26,31,33-50H2,1-3H3/b10-7-,12-9-,19-16-,21-18-,28-25-,30-27-,32-29-. The second kappa shape index (κ2) is 48.3. The van der Waals surface area contributed by atoms with E-state index in [-0.39, 0.29) is 31.1 Å². The van der Waals surface area contributed by atoms with Crippen molar-refractivity contribution in [2.24, 2.45) is 0 Å². The average Bonchev–Trinajstić information content (AvgIpc) is 3.24. The highest BCUT2D eigenvalue weighted by Crippen LogP contribution is 2.13. The lowest BCUT2D eigenvalue weighted by Gasteiger charge is -2.18. The summed E-state index contributed by atoms with van der Waals surface area (Å²) in [5, 5.41) is 0. The van der Waals surface area contributed by atoms with E-state index in [9.17, 15) is 14.4 Å². The third-order valence-corrected chi connectivity index (χ3v) is 10.1. The molecule has 0 aliphatic carbocycles. The zero-order valence-corrected chi connectivity index (χ0v) is 38.9. The molecule has 0 N–H and O–H groups in total. The molecular weight excluding hydrogens is 745 g/mol. The summed E-state index contributed by atoms with van der Waals surface area (Å²) in [5.41, 5.74) is 0. The largest absolute Gasteiger partial charge is 0.462 e. The number of ether oxygens (including phenoxy) is 3. The smallest absolute Gasteiger partial charge is 0.306 e. The van der Waals surface area contributed by atoms with E-state index in [1.807, 2.05) is 0 Å². The van der Waals surface area contributed by atoms with Gasteiger partial charge in [-0.1, -0.05) is 176 Å². The monoisotopic (exact) mass is 835 g/mol. The molecule has 0 amide bonds. The minimum Gasteiger partial charge on any atom is -0.462 e. The summed E-state index contributed by atoms with van der Waals surface area (Å²) in [6.45, 7) is 6.34. The summed E-state index contributed by atoms with van der Waals surface area (Å²) in [5.74, 6) is -0.965. The number of allylic oxidation sites excluding steroid dienone is 14. The number of hydrogen-bond donors (Lipinski definition) is 0. The summed E-state index contributed by atoms with van der Waals surface area (Å²) < 4.78 is 16.7. The maximum absolute atomic E-state index is 12.8. The third kappa shape index (κ3) is 45.7. The summed E-state index contributed by atoms with van der Waals surface area (Å²) in [4.78, 5) is 37.9. The van der Waals surface area contributed by atoms with E-state index in [1.54, 1.807) is 0 Å². The average molecular weight is 835 g/mol. The summed E-state index contributed by atoms with van der Waals surface area (Å²) in [6.07, 6.45) is 61.4. The predicted octanol–water partition coefficient (Wildman–Crippen LogP) is 16.0. The molecule has 0 spiro atoms. The molecule has 60 heavy (non-hydrogen) atoms. The van der Waals surface area contributed by atoms with Crippen LogP contribution in [0.25, 0.3) is 0 Å². The lowest BCUT2D eigenvalue weighted by Crippen LogP contribution is -2.30. The second-order valence-electron chi connectivity index (χ2n) is 16.0. The van der Waals surface area contributed by atoms with Gasteiger partial charge in [0.15, 0.2) is 6.10 Å². The van der Waals surface area contributed by atoms with Gasteiger partial charge in [-0.3, -0.25) is 14.4 Å². The van der Waals surface area contributed by atoms with Crippen molar-refractivity contribution in [1.82, 2.24) is 0 Å². The first-order chi connectivity index (χ1) is 29.5. The molecule has 342 valence electrons. The van der Waals surface area contributed by atoms with Gasteiger partial charge in [-0.15, -0.1) is 0 Å². The quantitative estimate of drug-likeness (QED) is 0.0263. The van der Waals surface area contributed by atoms with Crippen LogP contribution in [0.15, 0.2) is 85.1 Å². The molecule has 0 rings (SSSR count). The van der Waals surface area contributed by atoms with Gasteiger partial charge in [0, 0.05) is 19.3 Å². The number of hydrogen-bond acceptors (Lipinski definition) is 6. The number of rotatable bonds is 43. The molecule has 0 aliphatic rings. The first-order valence-electron chi connectivity index (χ1n) is 24.6. The topological polar surface area (TPSA) is 78.9 Å². The van der Waals surface area contributed by atoms with Gasteiger partial charge in [0.05, 0.1) is 0 Å². The van der Waals surface area contributed by atoms with Gasteiger partial charge in [-0.2, -0.15) is 0 Å². The van der Waals surface area contributed by atoms with Crippen molar-refractivity contribution in [3.05, 3.63) is 85.1 Å². The minimum absolute atomic E-state index is 0.102. The minimum atomic E-state index is -0.803. The van der Waals surface area contributed by atoms with Crippen molar-refractivity contribution in [2.45, 2.75) is 226 Å². The Hall–Kier alpha value is -3.41. The Morgan fingerprint density at radius 1 is 0.350 bits per heavy atom. The Bertz CT molecular complexity index is 1190. The van der Waals surface area contributed by atoms with E-state index in [2.05, 4.69) is 106 Å². The molecule has 0 aromatic heterocycles. The van der Waals surface area contributed by atoms with Crippen LogP contribution >= 0.6 is 0 Å². The zero-order valence-electron chi connectivity index (χ0n) is 38.9. The summed E-state index contributed by atoms with van der Waals surface area (Å²) in [7, 11) is 0. The molecule has 0 saturated heterocycles. The van der Waals surface area contributed by atoms with Crippen molar-refractivity contribution < 1.29 is 28.6 Å². The van der Waals surface area contributed by atoms with E-state index in [0.29, 0.717) is 19.3 Å². The van der Waals surface area contributed by atoms with Crippen molar-refractivity contribution in [3.8, 4) is 0 Å². The van der Waals surface area contributed by atoms with Crippen LogP contribution in [0.4, 0.5) is 0 Å². The Labute approximate surface area is 369 Å². The maximum Gasteiger partial charge on any atom is 0.306 e. The van der Waals surface area contributed by atoms with Crippen LogP contribution in [-0.2, 0) is 28.6 Å². The Balaban J connectivity index is 4.49. The van der Waals surface area contributed by atoms with E-state index >= 15 is 0 Å². The molecular formula is C54H90O6. The van der Waals surface area contributed by atoms with Crippen LogP contribution in [0.5, 0.6) is 0 Å². The van der Waals surface area contributed by atoms with E-state index in [0.717, 1.165) is 135 Å². The molecule has 0 saturated carbocycles. The molecule has 6 heteroatoms. The van der Waals surface area contributed by atoms with Gasteiger partial charge in [0.1, 0.15) is 13.2 Å². The van der Waals surface area contributed by atoms with Gasteiger partial charge >= 0.3 is 17.9 Å². The first-order valence-corrected chi connectivity index (χ1v) is 24.6. The Morgan fingerprint density at radius 2 is 0.650 bits per heavy atom. The molecule has 0 heterocycles. The predicted molar refractivity (Wildman–Crippen MR) is 256 cm³/mol. The van der Waals surface area contributed by atoms with Crippen LogP contribution in [0.3, 0.4) is 0 Å². The van der Waals surface area contributed by atoms with E-state index in [4.69, 9.17) is 14.2 Å². The molecule has 0 bridgehead atoms. The second-order valence-corrected chi connectivity index (χ2v) is 16.0. The highest BCUT2D eigenvalue weighted by molar-refractivity contribution is 5.71. The molecule has 0 fully saturated rings. The van der Waals surface area contributed by atoms with Crippen LogP contribution in [0.2, 0.25) is 0 Å². The highest BCUT2D eigenvalue weighted by Gasteiger charge is 2.19. The number of unbranched alkanes of at least 4 members (excludes halogenated alkanes) is 18. The van der Waals surface area contributed by atoms with Gasteiger partial charge in [0.25, 0.3) is 0 Å². The molecule has 0 radical (unpaired) electrons. The van der Waals surface area contributed by atoms with Gasteiger partial charge in [0.2, 0.25) is 0 Å². The molecule has 0 aliphatic heterocycles. The summed E-state index contributed by atoms with van der Waals surface area (Å²) >= 11 is 0. The van der Waals surface area contributed by atoms with Crippen molar-refractivity contribution >= 4 is 17.9 Å². The van der Waals surface area contributed by atoms with Crippen molar-refractivity contribution in [3.63, 3.8) is 0 Å². The van der Waals surface area contributed by atoms with Crippen LogP contribution in [-0.4, -0.2) is 37.2 Å².